The number of aliphatic hydroxyl groups excluding tert-OH is 1. The van der Waals surface area contributed by atoms with Gasteiger partial charge in [0.25, 0.3) is 0 Å². The Labute approximate surface area is 112 Å². The van der Waals surface area contributed by atoms with Crippen LogP contribution in [0.3, 0.4) is 0 Å². The van der Waals surface area contributed by atoms with E-state index in [4.69, 9.17) is 9.84 Å². The first-order chi connectivity index (χ1) is 8.97. The number of methoxy groups -OCH3 is 1. The van der Waals surface area contributed by atoms with Crippen LogP contribution in [0.25, 0.3) is 0 Å². The van der Waals surface area contributed by atoms with Crippen LogP contribution in [-0.2, 0) is 9.53 Å². The topological polar surface area (TPSA) is 99.1 Å². The Morgan fingerprint density at radius 1 is 1.42 bits per heavy atom. The molecule has 0 aromatic rings. The van der Waals surface area contributed by atoms with Crippen LogP contribution >= 0.6 is 0 Å². The van der Waals surface area contributed by atoms with E-state index in [0.29, 0.717) is 6.42 Å². The van der Waals surface area contributed by atoms with Gasteiger partial charge >= 0.3 is 12.0 Å². The second kappa shape index (κ2) is 7.30. The molecule has 7 heteroatoms. The van der Waals surface area contributed by atoms with E-state index in [0.717, 1.165) is 19.3 Å². The van der Waals surface area contributed by atoms with Gasteiger partial charge < -0.3 is 25.2 Å². The van der Waals surface area contributed by atoms with Crippen LogP contribution in [0.15, 0.2) is 0 Å². The van der Waals surface area contributed by atoms with Gasteiger partial charge in [-0.25, -0.2) is 9.59 Å². The number of carboxylic acids is 1. The van der Waals surface area contributed by atoms with Crippen molar-refractivity contribution in [2.24, 2.45) is 0 Å². The normalized spacial score (nSPS) is 24.6. The average Bonchev–Trinajstić information content (AvgIpc) is 2.37. The van der Waals surface area contributed by atoms with Crippen LogP contribution in [0, 0.1) is 0 Å². The summed E-state index contributed by atoms with van der Waals surface area (Å²) < 4.78 is 4.75. The van der Waals surface area contributed by atoms with Gasteiger partial charge in [-0.15, -0.1) is 0 Å². The third-order valence-electron chi connectivity index (χ3n) is 3.44. The minimum atomic E-state index is -1.15. The van der Waals surface area contributed by atoms with Gasteiger partial charge in [-0.3, -0.25) is 0 Å². The molecule has 0 bridgehead atoms. The summed E-state index contributed by atoms with van der Waals surface area (Å²) in [5.74, 6) is -1.15. The SMILES string of the molecule is COCC(NC(=O)N(C)C1CCCCC1O)C(=O)O. The molecule has 0 heterocycles. The molecule has 0 aromatic heterocycles. The molecular weight excluding hydrogens is 252 g/mol. The monoisotopic (exact) mass is 274 g/mol. The van der Waals surface area contributed by atoms with Crippen LogP contribution in [0.4, 0.5) is 4.79 Å². The summed E-state index contributed by atoms with van der Waals surface area (Å²) in [4.78, 5) is 24.3. The summed E-state index contributed by atoms with van der Waals surface area (Å²) in [5.41, 5.74) is 0. The quantitative estimate of drug-likeness (QED) is 0.657. The van der Waals surface area contributed by atoms with Crippen LogP contribution in [-0.4, -0.2) is 66.1 Å². The summed E-state index contributed by atoms with van der Waals surface area (Å²) in [6, 6.07) is -1.85. The lowest BCUT2D eigenvalue weighted by Gasteiger charge is -2.35. The first-order valence-electron chi connectivity index (χ1n) is 6.40. The zero-order valence-corrected chi connectivity index (χ0v) is 11.3. The van der Waals surface area contributed by atoms with E-state index >= 15 is 0 Å². The van der Waals surface area contributed by atoms with Crippen molar-refractivity contribution in [2.75, 3.05) is 20.8 Å². The van der Waals surface area contributed by atoms with E-state index < -0.39 is 24.1 Å². The number of amides is 2. The molecule has 0 aromatic carbocycles. The van der Waals surface area contributed by atoms with Crippen molar-refractivity contribution in [3.8, 4) is 0 Å². The minimum absolute atomic E-state index is 0.0951. The molecular formula is C12H22N2O5. The number of nitrogens with one attached hydrogen (secondary N) is 1. The van der Waals surface area contributed by atoms with E-state index in [-0.39, 0.29) is 12.6 Å². The van der Waals surface area contributed by atoms with E-state index in [2.05, 4.69) is 5.32 Å². The van der Waals surface area contributed by atoms with Crippen LogP contribution < -0.4 is 5.32 Å². The van der Waals surface area contributed by atoms with Crippen molar-refractivity contribution in [1.29, 1.82) is 0 Å². The highest BCUT2D eigenvalue weighted by atomic mass is 16.5. The largest absolute Gasteiger partial charge is 0.480 e. The van der Waals surface area contributed by atoms with Crippen molar-refractivity contribution >= 4 is 12.0 Å². The number of carbonyl (C=O) groups excluding carboxylic acids is 1. The predicted molar refractivity (Wildman–Crippen MR) is 67.9 cm³/mol. The number of ether oxygens (including phenoxy) is 1. The minimum Gasteiger partial charge on any atom is -0.480 e. The molecule has 110 valence electrons. The van der Waals surface area contributed by atoms with E-state index in [9.17, 15) is 14.7 Å². The number of carboxylic acid groups (broad SMARTS) is 1. The summed E-state index contributed by atoms with van der Waals surface area (Å²) in [7, 11) is 2.94. The Morgan fingerprint density at radius 3 is 2.58 bits per heavy atom. The summed E-state index contributed by atoms with van der Waals surface area (Å²) in [5, 5.41) is 21.2. The molecule has 3 unspecified atom stereocenters. The van der Waals surface area contributed by atoms with Gasteiger partial charge in [0.05, 0.1) is 18.8 Å². The van der Waals surface area contributed by atoms with Gasteiger partial charge in [-0.2, -0.15) is 0 Å². The van der Waals surface area contributed by atoms with Crippen LogP contribution in [0.1, 0.15) is 25.7 Å². The summed E-state index contributed by atoms with van der Waals surface area (Å²) >= 11 is 0. The number of carbonyl (C=O) groups is 2. The number of urea groups is 1. The molecule has 0 radical (unpaired) electrons. The third kappa shape index (κ3) is 4.36. The molecule has 3 atom stereocenters. The standard InChI is InChI=1S/C12H22N2O5/c1-14(9-5-3-4-6-10(9)15)12(18)13-8(7-19-2)11(16)17/h8-10,15H,3-7H2,1-2H3,(H,13,18)(H,16,17). The number of aliphatic carboxylic acids is 1. The lowest BCUT2D eigenvalue weighted by atomic mass is 9.92. The number of hydrogen-bond acceptors (Lipinski definition) is 4. The fraction of sp³-hybridized carbons (Fsp3) is 0.833. The van der Waals surface area contributed by atoms with Gasteiger partial charge in [0.1, 0.15) is 0 Å². The zero-order valence-electron chi connectivity index (χ0n) is 11.3. The van der Waals surface area contributed by atoms with Gasteiger partial charge in [0.2, 0.25) is 0 Å². The van der Waals surface area contributed by atoms with Crippen LogP contribution in [0.5, 0.6) is 0 Å². The molecule has 1 aliphatic rings. The predicted octanol–water partition coefficient (Wildman–Crippen LogP) is 0.0309. The van der Waals surface area contributed by atoms with E-state index in [1.165, 1.54) is 12.0 Å². The second-order valence-electron chi connectivity index (χ2n) is 4.83. The summed E-state index contributed by atoms with van der Waals surface area (Å²) in [6.45, 7) is -0.0951. The van der Waals surface area contributed by atoms with Gasteiger partial charge in [-0.05, 0) is 12.8 Å². The van der Waals surface area contributed by atoms with Crippen molar-refractivity contribution in [2.45, 2.75) is 43.9 Å². The molecule has 3 N–H and O–H groups in total. The zero-order chi connectivity index (χ0) is 14.4. The van der Waals surface area contributed by atoms with E-state index in [1.54, 1.807) is 7.05 Å². The molecule has 1 saturated carbocycles. The third-order valence-corrected chi connectivity index (χ3v) is 3.44. The number of aliphatic hydroxyl groups is 1. The van der Waals surface area contributed by atoms with Crippen molar-refractivity contribution < 1.29 is 24.5 Å². The smallest absolute Gasteiger partial charge is 0.328 e. The second-order valence-corrected chi connectivity index (χ2v) is 4.83. The Hall–Kier alpha value is -1.34. The number of hydrogen-bond donors (Lipinski definition) is 3. The fourth-order valence-corrected chi connectivity index (χ4v) is 2.29. The summed E-state index contributed by atoms with van der Waals surface area (Å²) in [6.07, 6.45) is 2.76. The molecule has 2 amide bonds. The molecule has 0 spiro atoms. The van der Waals surface area contributed by atoms with Crippen LogP contribution in [0.2, 0.25) is 0 Å². The Kier molecular flexibility index (Phi) is 6.04. The highest BCUT2D eigenvalue weighted by molar-refractivity contribution is 5.82. The highest BCUT2D eigenvalue weighted by Gasteiger charge is 2.31. The first-order valence-corrected chi connectivity index (χ1v) is 6.40. The molecule has 1 fully saturated rings. The van der Waals surface area contributed by atoms with Crippen molar-refractivity contribution in [3.05, 3.63) is 0 Å². The van der Waals surface area contributed by atoms with Crippen molar-refractivity contribution in [1.82, 2.24) is 10.2 Å². The number of likely N-dealkylation sites (N-methyl/N-ethyl adjacent to an activating group) is 1. The lowest BCUT2D eigenvalue weighted by molar-refractivity contribution is -0.140. The fourth-order valence-electron chi connectivity index (χ4n) is 2.29. The van der Waals surface area contributed by atoms with Gasteiger partial charge in [0, 0.05) is 14.2 Å². The number of nitrogens with zero attached hydrogens (tertiary/aromatic N) is 1. The molecule has 19 heavy (non-hydrogen) atoms. The van der Waals surface area contributed by atoms with Gasteiger partial charge in [0.15, 0.2) is 6.04 Å². The maximum atomic E-state index is 12.0. The Bertz CT molecular complexity index is 323. The maximum Gasteiger partial charge on any atom is 0.328 e. The Morgan fingerprint density at radius 2 is 2.05 bits per heavy atom. The first kappa shape index (κ1) is 15.7. The lowest BCUT2D eigenvalue weighted by Crippen LogP contribution is -2.54. The average molecular weight is 274 g/mol. The molecule has 0 saturated heterocycles. The molecule has 0 aliphatic heterocycles. The van der Waals surface area contributed by atoms with Crippen molar-refractivity contribution in [3.63, 3.8) is 0 Å². The molecule has 1 aliphatic carbocycles. The molecule has 7 nitrogen and oxygen atoms in total. The highest BCUT2D eigenvalue weighted by Crippen LogP contribution is 2.22. The maximum absolute atomic E-state index is 12.0. The van der Waals surface area contributed by atoms with E-state index in [1.807, 2.05) is 0 Å². The molecule has 1 rings (SSSR count). The Balaban J connectivity index is 2.57. The van der Waals surface area contributed by atoms with Gasteiger partial charge in [-0.1, -0.05) is 12.8 Å². The number of rotatable bonds is 5.